The summed E-state index contributed by atoms with van der Waals surface area (Å²) in [5, 5.41) is 0. The van der Waals surface area contributed by atoms with Gasteiger partial charge >= 0.3 is 0 Å². The lowest BCUT2D eigenvalue weighted by molar-refractivity contribution is 0.468. The molecule has 1 aliphatic rings. The minimum Gasteiger partial charge on any atom is -0.324 e. The molecule has 0 aliphatic heterocycles. The summed E-state index contributed by atoms with van der Waals surface area (Å²) in [4.78, 5) is 0. The normalized spacial score (nSPS) is 16.7. The fourth-order valence-electron chi connectivity index (χ4n) is 3.25. The summed E-state index contributed by atoms with van der Waals surface area (Å²) in [5.74, 6) is 0.455. The SMILES string of the molecule is CC(Cc1ccc2c(c1)CCC2)C(N)c1ccccc1. The molecule has 0 aromatic heterocycles. The molecule has 3 rings (SSSR count). The molecule has 1 aliphatic carbocycles. The second-order valence-electron chi connectivity index (χ2n) is 6.07. The highest BCUT2D eigenvalue weighted by Gasteiger charge is 2.17. The average Bonchev–Trinajstić information content (AvgIpc) is 2.95. The van der Waals surface area contributed by atoms with Gasteiger partial charge in [0.25, 0.3) is 0 Å². The van der Waals surface area contributed by atoms with E-state index in [0.717, 1.165) is 6.42 Å². The summed E-state index contributed by atoms with van der Waals surface area (Å²) in [7, 11) is 0. The highest BCUT2D eigenvalue weighted by Crippen LogP contribution is 2.26. The monoisotopic (exact) mass is 265 g/mol. The third kappa shape index (κ3) is 2.78. The largest absolute Gasteiger partial charge is 0.324 e. The highest BCUT2D eigenvalue weighted by molar-refractivity contribution is 5.35. The summed E-state index contributed by atoms with van der Waals surface area (Å²) in [5.41, 5.74) is 12.2. The Kier molecular flexibility index (Phi) is 3.88. The van der Waals surface area contributed by atoms with Crippen LogP contribution in [0.4, 0.5) is 0 Å². The van der Waals surface area contributed by atoms with E-state index in [1.165, 1.54) is 30.4 Å². The van der Waals surface area contributed by atoms with Gasteiger partial charge in [0.2, 0.25) is 0 Å². The summed E-state index contributed by atoms with van der Waals surface area (Å²) in [6, 6.07) is 17.6. The van der Waals surface area contributed by atoms with Gasteiger partial charge in [-0.3, -0.25) is 0 Å². The lowest BCUT2D eigenvalue weighted by Crippen LogP contribution is -2.20. The van der Waals surface area contributed by atoms with Crippen molar-refractivity contribution in [3.05, 3.63) is 70.8 Å². The van der Waals surface area contributed by atoms with Crippen molar-refractivity contribution in [2.75, 3.05) is 0 Å². The molecular formula is C19H23N. The predicted octanol–water partition coefficient (Wildman–Crippen LogP) is 4.05. The van der Waals surface area contributed by atoms with Gasteiger partial charge in [-0.1, -0.05) is 55.5 Å². The van der Waals surface area contributed by atoms with Crippen LogP contribution in [0.1, 0.15) is 41.6 Å². The van der Waals surface area contributed by atoms with Crippen molar-refractivity contribution < 1.29 is 0 Å². The molecule has 104 valence electrons. The van der Waals surface area contributed by atoms with E-state index in [2.05, 4.69) is 49.4 Å². The number of hydrogen-bond acceptors (Lipinski definition) is 1. The average molecular weight is 265 g/mol. The van der Waals surface area contributed by atoms with E-state index >= 15 is 0 Å². The lowest BCUT2D eigenvalue weighted by atomic mass is 9.89. The fraction of sp³-hybridized carbons (Fsp3) is 0.368. The van der Waals surface area contributed by atoms with Gasteiger partial charge in [0, 0.05) is 6.04 Å². The van der Waals surface area contributed by atoms with Crippen LogP contribution in [-0.2, 0) is 19.3 Å². The van der Waals surface area contributed by atoms with Crippen LogP contribution in [0.15, 0.2) is 48.5 Å². The third-order valence-corrected chi connectivity index (χ3v) is 4.52. The van der Waals surface area contributed by atoms with Gasteiger partial charge in [-0.2, -0.15) is 0 Å². The van der Waals surface area contributed by atoms with E-state index in [9.17, 15) is 0 Å². The maximum absolute atomic E-state index is 6.40. The molecule has 2 N–H and O–H groups in total. The lowest BCUT2D eigenvalue weighted by Gasteiger charge is -2.20. The van der Waals surface area contributed by atoms with Crippen molar-refractivity contribution in [2.24, 2.45) is 11.7 Å². The molecular weight excluding hydrogens is 242 g/mol. The van der Waals surface area contributed by atoms with Gasteiger partial charge in [0.1, 0.15) is 0 Å². The second kappa shape index (κ2) is 5.80. The molecule has 0 spiro atoms. The number of aryl methyl sites for hydroxylation is 2. The standard InChI is InChI=1S/C19H23N/c1-14(19(20)17-6-3-2-4-7-17)12-15-10-11-16-8-5-9-18(16)13-15/h2-4,6-7,10-11,13-14,19H,5,8-9,12,20H2,1H3. The summed E-state index contributed by atoms with van der Waals surface area (Å²) >= 11 is 0. The Morgan fingerprint density at radius 1 is 1.00 bits per heavy atom. The first-order valence-electron chi connectivity index (χ1n) is 7.65. The fourth-order valence-corrected chi connectivity index (χ4v) is 3.25. The molecule has 0 bridgehead atoms. The van der Waals surface area contributed by atoms with Crippen LogP contribution >= 0.6 is 0 Å². The van der Waals surface area contributed by atoms with E-state index in [1.807, 2.05) is 6.07 Å². The number of hydrogen-bond donors (Lipinski definition) is 1. The highest BCUT2D eigenvalue weighted by atomic mass is 14.6. The Bertz CT molecular complexity index is 574. The topological polar surface area (TPSA) is 26.0 Å². The minimum atomic E-state index is 0.115. The van der Waals surface area contributed by atoms with Crippen LogP contribution in [0.3, 0.4) is 0 Å². The van der Waals surface area contributed by atoms with E-state index in [1.54, 1.807) is 11.1 Å². The molecule has 2 aromatic carbocycles. The van der Waals surface area contributed by atoms with Gasteiger partial charge in [-0.15, -0.1) is 0 Å². The molecule has 1 heteroatoms. The Hall–Kier alpha value is -1.60. The van der Waals surface area contributed by atoms with Gasteiger partial charge in [0.05, 0.1) is 0 Å². The van der Waals surface area contributed by atoms with Crippen molar-refractivity contribution in [1.82, 2.24) is 0 Å². The van der Waals surface area contributed by atoms with Crippen molar-refractivity contribution >= 4 is 0 Å². The third-order valence-electron chi connectivity index (χ3n) is 4.52. The van der Waals surface area contributed by atoms with Crippen molar-refractivity contribution in [1.29, 1.82) is 0 Å². The molecule has 0 radical (unpaired) electrons. The molecule has 2 atom stereocenters. The minimum absolute atomic E-state index is 0.115. The molecule has 1 nitrogen and oxygen atoms in total. The quantitative estimate of drug-likeness (QED) is 0.886. The molecule has 0 saturated heterocycles. The van der Waals surface area contributed by atoms with Crippen LogP contribution in [0.2, 0.25) is 0 Å². The summed E-state index contributed by atoms with van der Waals surface area (Å²) < 4.78 is 0. The van der Waals surface area contributed by atoms with E-state index in [-0.39, 0.29) is 6.04 Å². The zero-order valence-corrected chi connectivity index (χ0v) is 12.2. The molecule has 0 amide bonds. The van der Waals surface area contributed by atoms with E-state index < -0.39 is 0 Å². The Labute approximate surface area is 121 Å². The Balaban J connectivity index is 1.71. The molecule has 0 saturated carbocycles. The molecule has 2 aromatic rings. The van der Waals surface area contributed by atoms with Gasteiger partial charge in [-0.25, -0.2) is 0 Å². The summed E-state index contributed by atoms with van der Waals surface area (Å²) in [6.07, 6.45) is 4.89. The first-order chi connectivity index (χ1) is 9.74. The van der Waals surface area contributed by atoms with Crippen LogP contribution in [0, 0.1) is 5.92 Å². The number of fused-ring (bicyclic) bond motifs is 1. The zero-order valence-electron chi connectivity index (χ0n) is 12.2. The Morgan fingerprint density at radius 3 is 2.55 bits per heavy atom. The summed E-state index contributed by atoms with van der Waals surface area (Å²) in [6.45, 7) is 2.25. The van der Waals surface area contributed by atoms with Crippen molar-refractivity contribution in [3.63, 3.8) is 0 Å². The van der Waals surface area contributed by atoms with E-state index in [4.69, 9.17) is 5.73 Å². The van der Waals surface area contributed by atoms with Crippen LogP contribution in [0.5, 0.6) is 0 Å². The number of benzene rings is 2. The molecule has 0 heterocycles. The molecule has 2 unspecified atom stereocenters. The van der Waals surface area contributed by atoms with Gasteiger partial charge in [0.15, 0.2) is 0 Å². The number of rotatable bonds is 4. The first-order valence-corrected chi connectivity index (χ1v) is 7.65. The predicted molar refractivity (Wildman–Crippen MR) is 84.7 cm³/mol. The van der Waals surface area contributed by atoms with Gasteiger partial charge < -0.3 is 5.73 Å². The first kappa shape index (κ1) is 13.4. The van der Waals surface area contributed by atoms with Crippen LogP contribution < -0.4 is 5.73 Å². The second-order valence-corrected chi connectivity index (χ2v) is 6.07. The smallest absolute Gasteiger partial charge is 0.0324 e. The maximum Gasteiger partial charge on any atom is 0.0324 e. The van der Waals surface area contributed by atoms with E-state index in [0.29, 0.717) is 5.92 Å². The zero-order chi connectivity index (χ0) is 13.9. The maximum atomic E-state index is 6.40. The van der Waals surface area contributed by atoms with Crippen LogP contribution in [-0.4, -0.2) is 0 Å². The Morgan fingerprint density at radius 2 is 1.75 bits per heavy atom. The molecule has 20 heavy (non-hydrogen) atoms. The number of nitrogens with two attached hydrogens (primary N) is 1. The van der Waals surface area contributed by atoms with Crippen molar-refractivity contribution in [3.8, 4) is 0 Å². The molecule has 0 fully saturated rings. The van der Waals surface area contributed by atoms with Crippen LogP contribution in [0.25, 0.3) is 0 Å². The van der Waals surface area contributed by atoms with Gasteiger partial charge in [-0.05, 0) is 53.9 Å². The van der Waals surface area contributed by atoms with Crippen molar-refractivity contribution in [2.45, 2.75) is 38.6 Å².